The van der Waals surface area contributed by atoms with Crippen molar-refractivity contribution < 1.29 is 14.3 Å². The van der Waals surface area contributed by atoms with Gasteiger partial charge in [0.25, 0.3) is 0 Å². The Kier molecular flexibility index (Phi) is 17.0. The highest BCUT2D eigenvalue weighted by molar-refractivity contribution is 5.67. The fraction of sp³-hybridized carbons (Fsp3) is 0.880. The van der Waals surface area contributed by atoms with Crippen molar-refractivity contribution in [1.82, 2.24) is 5.32 Å². The van der Waals surface area contributed by atoms with Gasteiger partial charge >= 0.3 is 6.09 Å². The smallest absolute Gasteiger partial charge is 0.407 e. The SMILES string of the molecule is CCCCCCC=CCCCCCC(CCCCC)NC(=O)OC1CCOCC1. The predicted octanol–water partition coefficient (Wildman–Crippen LogP) is 7.32. The van der Waals surface area contributed by atoms with Crippen LogP contribution in [0, 0.1) is 0 Å². The molecule has 0 aromatic heterocycles. The Balaban J connectivity index is 2.15. The summed E-state index contributed by atoms with van der Waals surface area (Å²) in [7, 11) is 0. The third-order valence-electron chi connectivity index (χ3n) is 5.73. The molecule has 1 fully saturated rings. The summed E-state index contributed by atoms with van der Waals surface area (Å²) in [6, 6.07) is 0.253. The second-order valence-corrected chi connectivity index (χ2v) is 8.51. The number of allylic oxidation sites excluding steroid dienone is 2. The number of hydrogen-bond donors (Lipinski definition) is 1. The Labute approximate surface area is 180 Å². The molecular formula is C25H47NO3. The largest absolute Gasteiger partial charge is 0.446 e. The second-order valence-electron chi connectivity index (χ2n) is 8.51. The Hall–Kier alpha value is -1.03. The maximum atomic E-state index is 12.3. The molecule has 0 aliphatic carbocycles. The lowest BCUT2D eigenvalue weighted by molar-refractivity contribution is 0.000610. The topological polar surface area (TPSA) is 47.6 Å². The summed E-state index contributed by atoms with van der Waals surface area (Å²) >= 11 is 0. The van der Waals surface area contributed by atoms with Crippen LogP contribution < -0.4 is 5.32 Å². The Bertz CT molecular complexity index is 405. The number of amides is 1. The lowest BCUT2D eigenvalue weighted by Gasteiger charge is -2.24. The molecule has 1 atom stereocenters. The molecule has 170 valence electrons. The van der Waals surface area contributed by atoms with E-state index in [9.17, 15) is 4.79 Å². The van der Waals surface area contributed by atoms with E-state index in [1.807, 2.05) is 0 Å². The first-order valence-electron chi connectivity index (χ1n) is 12.5. The fourth-order valence-corrected chi connectivity index (χ4v) is 3.83. The highest BCUT2D eigenvalue weighted by Crippen LogP contribution is 2.15. The minimum atomic E-state index is -0.232. The number of rotatable bonds is 17. The van der Waals surface area contributed by atoms with Gasteiger partial charge in [-0.15, -0.1) is 0 Å². The van der Waals surface area contributed by atoms with Crippen molar-refractivity contribution in [3.05, 3.63) is 12.2 Å². The molecule has 1 saturated heterocycles. The summed E-state index contributed by atoms with van der Waals surface area (Å²) in [6.45, 7) is 5.88. The van der Waals surface area contributed by atoms with Gasteiger partial charge in [0.2, 0.25) is 0 Å². The lowest BCUT2D eigenvalue weighted by atomic mass is 10.0. The third-order valence-corrected chi connectivity index (χ3v) is 5.73. The first-order valence-corrected chi connectivity index (χ1v) is 12.5. The minimum Gasteiger partial charge on any atom is -0.446 e. The van der Waals surface area contributed by atoms with E-state index in [1.54, 1.807) is 0 Å². The van der Waals surface area contributed by atoms with Crippen LogP contribution in [-0.2, 0) is 9.47 Å². The quantitative estimate of drug-likeness (QED) is 0.202. The van der Waals surface area contributed by atoms with Gasteiger partial charge in [0.15, 0.2) is 0 Å². The van der Waals surface area contributed by atoms with E-state index in [-0.39, 0.29) is 18.2 Å². The molecule has 0 radical (unpaired) electrons. The fourth-order valence-electron chi connectivity index (χ4n) is 3.83. The summed E-state index contributed by atoms with van der Waals surface area (Å²) in [5.41, 5.74) is 0. The van der Waals surface area contributed by atoms with E-state index >= 15 is 0 Å². The molecule has 1 N–H and O–H groups in total. The van der Waals surface area contributed by atoms with Gasteiger partial charge in [-0.3, -0.25) is 0 Å². The summed E-state index contributed by atoms with van der Waals surface area (Å²) in [5.74, 6) is 0. The summed E-state index contributed by atoms with van der Waals surface area (Å²) in [6.07, 6.45) is 23.4. The molecule has 1 aliphatic rings. The Morgan fingerprint density at radius 3 is 2.07 bits per heavy atom. The van der Waals surface area contributed by atoms with Crippen LogP contribution in [0.3, 0.4) is 0 Å². The van der Waals surface area contributed by atoms with Gasteiger partial charge in [-0.1, -0.05) is 77.4 Å². The average molecular weight is 410 g/mol. The average Bonchev–Trinajstić information content (AvgIpc) is 2.72. The van der Waals surface area contributed by atoms with Crippen LogP contribution >= 0.6 is 0 Å². The number of carbonyl (C=O) groups excluding carboxylic acids is 1. The Morgan fingerprint density at radius 2 is 1.45 bits per heavy atom. The zero-order valence-electron chi connectivity index (χ0n) is 19.3. The van der Waals surface area contributed by atoms with Gasteiger partial charge in [-0.05, 0) is 38.5 Å². The molecule has 29 heavy (non-hydrogen) atoms. The molecule has 4 heteroatoms. The van der Waals surface area contributed by atoms with Crippen LogP contribution in [0.2, 0.25) is 0 Å². The molecule has 0 saturated carbocycles. The van der Waals surface area contributed by atoms with E-state index < -0.39 is 0 Å². The molecule has 0 bridgehead atoms. The number of nitrogens with one attached hydrogen (secondary N) is 1. The van der Waals surface area contributed by atoms with Gasteiger partial charge in [0, 0.05) is 18.9 Å². The van der Waals surface area contributed by atoms with Gasteiger partial charge in [0.1, 0.15) is 6.10 Å². The monoisotopic (exact) mass is 409 g/mol. The summed E-state index contributed by atoms with van der Waals surface area (Å²) in [4.78, 5) is 12.3. The van der Waals surface area contributed by atoms with Crippen LogP contribution in [0.4, 0.5) is 4.79 Å². The van der Waals surface area contributed by atoms with Crippen LogP contribution in [0.15, 0.2) is 12.2 Å². The summed E-state index contributed by atoms with van der Waals surface area (Å²) in [5, 5.41) is 3.14. The normalized spacial score (nSPS) is 16.2. The second kappa shape index (κ2) is 19.0. The Morgan fingerprint density at radius 1 is 0.897 bits per heavy atom. The molecule has 0 spiro atoms. The van der Waals surface area contributed by atoms with Gasteiger partial charge in [-0.2, -0.15) is 0 Å². The summed E-state index contributed by atoms with van der Waals surface area (Å²) < 4.78 is 10.9. The minimum absolute atomic E-state index is 0.0220. The molecule has 0 aromatic rings. The maximum Gasteiger partial charge on any atom is 0.407 e. The van der Waals surface area contributed by atoms with Crippen LogP contribution in [0.25, 0.3) is 0 Å². The number of carbonyl (C=O) groups is 1. The maximum absolute atomic E-state index is 12.3. The number of hydrogen-bond acceptors (Lipinski definition) is 3. The highest BCUT2D eigenvalue weighted by atomic mass is 16.6. The van der Waals surface area contributed by atoms with E-state index in [0.717, 1.165) is 25.7 Å². The van der Waals surface area contributed by atoms with Gasteiger partial charge in [-0.25, -0.2) is 4.79 Å². The molecule has 1 aliphatic heterocycles. The van der Waals surface area contributed by atoms with Crippen molar-refractivity contribution in [2.24, 2.45) is 0 Å². The lowest BCUT2D eigenvalue weighted by Crippen LogP contribution is -2.38. The highest BCUT2D eigenvalue weighted by Gasteiger charge is 2.20. The van der Waals surface area contributed by atoms with Crippen molar-refractivity contribution in [2.75, 3.05) is 13.2 Å². The van der Waals surface area contributed by atoms with Crippen molar-refractivity contribution in [3.63, 3.8) is 0 Å². The van der Waals surface area contributed by atoms with Crippen molar-refractivity contribution in [1.29, 1.82) is 0 Å². The zero-order valence-corrected chi connectivity index (χ0v) is 19.3. The van der Waals surface area contributed by atoms with Crippen molar-refractivity contribution in [2.45, 2.75) is 129 Å². The van der Waals surface area contributed by atoms with Gasteiger partial charge < -0.3 is 14.8 Å². The van der Waals surface area contributed by atoms with Crippen LogP contribution in [-0.4, -0.2) is 31.5 Å². The number of alkyl carbamates (subject to hydrolysis) is 1. The van der Waals surface area contributed by atoms with Crippen LogP contribution in [0.5, 0.6) is 0 Å². The van der Waals surface area contributed by atoms with Crippen LogP contribution in [0.1, 0.15) is 117 Å². The number of ether oxygens (including phenoxy) is 2. The van der Waals surface area contributed by atoms with Gasteiger partial charge in [0.05, 0.1) is 13.2 Å². The van der Waals surface area contributed by atoms with E-state index in [1.165, 1.54) is 77.0 Å². The standard InChI is InChI=1S/C25H47NO3/c1-3-5-7-8-9-10-11-12-13-14-16-18-23(17-15-6-4-2)26-25(27)29-24-19-21-28-22-20-24/h10-11,23-24H,3-9,12-22H2,1-2H3,(H,26,27). The molecular weight excluding hydrogens is 362 g/mol. The zero-order chi connectivity index (χ0) is 21.0. The molecule has 0 aromatic carbocycles. The van der Waals surface area contributed by atoms with E-state index in [0.29, 0.717) is 13.2 Å². The number of unbranched alkanes of at least 4 members (excludes halogenated alkanes) is 9. The predicted molar refractivity (Wildman–Crippen MR) is 122 cm³/mol. The van der Waals surface area contributed by atoms with Crippen molar-refractivity contribution in [3.8, 4) is 0 Å². The third kappa shape index (κ3) is 15.5. The first-order chi connectivity index (χ1) is 14.3. The molecule has 4 nitrogen and oxygen atoms in total. The molecule has 1 amide bonds. The van der Waals surface area contributed by atoms with E-state index in [2.05, 4.69) is 31.3 Å². The molecule has 1 heterocycles. The first kappa shape index (κ1) is 26.0. The molecule has 1 unspecified atom stereocenters. The van der Waals surface area contributed by atoms with Crippen molar-refractivity contribution >= 4 is 6.09 Å². The molecule has 1 rings (SSSR count). The van der Waals surface area contributed by atoms with E-state index in [4.69, 9.17) is 9.47 Å².